The number of hydrogen-bond acceptors (Lipinski definition) is 5. The lowest BCUT2D eigenvalue weighted by atomic mass is 9.90. The number of nitrogens with zero attached hydrogens (tertiary/aromatic N) is 3. The molecule has 2 heterocycles. The van der Waals surface area contributed by atoms with Gasteiger partial charge in [-0.05, 0) is 32.0 Å². The number of carbonyl (C=O) groups is 1. The van der Waals surface area contributed by atoms with E-state index in [0.717, 1.165) is 18.8 Å². The SMILES string of the molecule is CN1CCC(O)(C(=O)N2CCN(c3cccc(O)c3)CC2)CC1. The van der Waals surface area contributed by atoms with Crippen molar-refractivity contribution < 1.29 is 15.0 Å². The molecule has 6 nitrogen and oxygen atoms in total. The number of benzene rings is 1. The Hall–Kier alpha value is -1.79. The van der Waals surface area contributed by atoms with Crippen molar-refractivity contribution in [2.75, 3.05) is 51.2 Å². The number of piperazine rings is 1. The van der Waals surface area contributed by atoms with Crippen LogP contribution >= 0.6 is 0 Å². The summed E-state index contributed by atoms with van der Waals surface area (Å²) >= 11 is 0. The number of likely N-dealkylation sites (tertiary alicyclic amines) is 1. The zero-order chi connectivity index (χ0) is 16.4. The molecule has 2 N–H and O–H groups in total. The summed E-state index contributed by atoms with van der Waals surface area (Å²) in [5.74, 6) is 0.128. The number of amides is 1. The largest absolute Gasteiger partial charge is 0.508 e. The number of aliphatic hydroxyl groups is 1. The molecule has 1 aromatic rings. The Labute approximate surface area is 136 Å². The summed E-state index contributed by atoms with van der Waals surface area (Å²) in [6, 6.07) is 7.17. The van der Waals surface area contributed by atoms with Crippen LogP contribution in [0.1, 0.15) is 12.8 Å². The van der Waals surface area contributed by atoms with Crippen LogP contribution in [-0.2, 0) is 4.79 Å². The molecule has 0 spiro atoms. The maximum absolute atomic E-state index is 12.7. The van der Waals surface area contributed by atoms with Crippen LogP contribution in [0.3, 0.4) is 0 Å². The van der Waals surface area contributed by atoms with Gasteiger partial charge < -0.3 is 24.9 Å². The van der Waals surface area contributed by atoms with E-state index in [1.165, 1.54) is 0 Å². The Morgan fingerprint density at radius 3 is 2.35 bits per heavy atom. The summed E-state index contributed by atoms with van der Waals surface area (Å²) in [5.41, 5.74) is -0.227. The van der Waals surface area contributed by atoms with Gasteiger partial charge in [0, 0.05) is 51.0 Å². The second-order valence-electron chi connectivity index (χ2n) is 6.63. The van der Waals surface area contributed by atoms with Crippen molar-refractivity contribution in [2.24, 2.45) is 0 Å². The van der Waals surface area contributed by atoms with Gasteiger partial charge in [0.25, 0.3) is 5.91 Å². The number of phenols is 1. The van der Waals surface area contributed by atoms with Crippen molar-refractivity contribution in [3.8, 4) is 5.75 Å². The Bertz CT molecular complexity index is 562. The molecule has 0 aromatic heterocycles. The minimum atomic E-state index is -1.19. The number of rotatable bonds is 2. The number of piperidine rings is 1. The van der Waals surface area contributed by atoms with Gasteiger partial charge in [0.2, 0.25) is 0 Å². The number of anilines is 1. The number of carbonyl (C=O) groups excluding carboxylic acids is 1. The van der Waals surface area contributed by atoms with Gasteiger partial charge in [0.15, 0.2) is 0 Å². The zero-order valence-electron chi connectivity index (χ0n) is 13.6. The van der Waals surface area contributed by atoms with Gasteiger partial charge in [-0.25, -0.2) is 0 Å². The van der Waals surface area contributed by atoms with Crippen molar-refractivity contribution >= 4 is 11.6 Å². The van der Waals surface area contributed by atoms with Gasteiger partial charge >= 0.3 is 0 Å². The van der Waals surface area contributed by atoms with Crippen molar-refractivity contribution in [1.29, 1.82) is 0 Å². The molecule has 2 aliphatic rings. The van der Waals surface area contributed by atoms with Crippen molar-refractivity contribution in [1.82, 2.24) is 9.80 Å². The summed E-state index contributed by atoms with van der Waals surface area (Å²) in [6.07, 6.45) is 1.02. The summed E-state index contributed by atoms with van der Waals surface area (Å²) in [7, 11) is 2.01. The number of hydrogen-bond donors (Lipinski definition) is 2. The van der Waals surface area contributed by atoms with Crippen LogP contribution in [0.25, 0.3) is 0 Å². The fourth-order valence-corrected chi connectivity index (χ4v) is 3.35. The Balaban J connectivity index is 1.59. The van der Waals surface area contributed by atoms with Crippen LogP contribution in [-0.4, -0.2) is 77.8 Å². The highest BCUT2D eigenvalue weighted by molar-refractivity contribution is 5.85. The molecule has 6 heteroatoms. The van der Waals surface area contributed by atoms with E-state index >= 15 is 0 Å². The van der Waals surface area contributed by atoms with E-state index in [1.807, 2.05) is 19.2 Å². The third-order valence-electron chi connectivity index (χ3n) is 4.97. The maximum atomic E-state index is 12.7. The van der Waals surface area contributed by atoms with Gasteiger partial charge in [-0.2, -0.15) is 0 Å². The molecule has 3 rings (SSSR count). The van der Waals surface area contributed by atoms with E-state index in [1.54, 1.807) is 17.0 Å². The average molecular weight is 319 g/mol. The molecule has 23 heavy (non-hydrogen) atoms. The molecule has 0 atom stereocenters. The van der Waals surface area contributed by atoms with Gasteiger partial charge in [0.1, 0.15) is 11.4 Å². The van der Waals surface area contributed by atoms with Gasteiger partial charge in [-0.15, -0.1) is 0 Å². The fraction of sp³-hybridized carbons (Fsp3) is 0.588. The van der Waals surface area contributed by atoms with E-state index in [9.17, 15) is 15.0 Å². The van der Waals surface area contributed by atoms with Crippen LogP contribution < -0.4 is 4.90 Å². The first-order chi connectivity index (χ1) is 11.0. The lowest BCUT2D eigenvalue weighted by Crippen LogP contribution is -2.58. The molecule has 2 aliphatic heterocycles. The second-order valence-corrected chi connectivity index (χ2v) is 6.63. The standard InChI is InChI=1S/C17H25N3O3/c1-18-7-5-17(23,6-8-18)16(22)20-11-9-19(10-12-20)14-3-2-4-15(21)13-14/h2-4,13,21,23H,5-12H2,1H3. The Kier molecular flexibility index (Phi) is 4.46. The number of aromatic hydroxyl groups is 1. The van der Waals surface area contributed by atoms with Gasteiger partial charge in [-0.3, -0.25) is 4.79 Å². The third-order valence-corrected chi connectivity index (χ3v) is 4.97. The minimum absolute atomic E-state index is 0.124. The highest BCUT2D eigenvalue weighted by atomic mass is 16.3. The summed E-state index contributed by atoms with van der Waals surface area (Å²) < 4.78 is 0. The van der Waals surface area contributed by atoms with E-state index < -0.39 is 5.60 Å². The topological polar surface area (TPSA) is 67.2 Å². The highest BCUT2D eigenvalue weighted by Gasteiger charge is 2.41. The maximum Gasteiger partial charge on any atom is 0.254 e. The predicted octanol–water partition coefficient (Wildman–Crippen LogP) is 0.497. The van der Waals surface area contributed by atoms with Gasteiger partial charge in [-0.1, -0.05) is 6.07 Å². The molecule has 0 bridgehead atoms. The first-order valence-corrected chi connectivity index (χ1v) is 8.22. The van der Waals surface area contributed by atoms with Gasteiger partial charge in [0.05, 0.1) is 0 Å². The normalized spacial score (nSPS) is 22.2. The first-order valence-electron chi connectivity index (χ1n) is 8.22. The summed E-state index contributed by atoms with van der Waals surface area (Å²) in [5, 5.41) is 20.2. The quantitative estimate of drug-likeness (QED) is 0.831. The molecule has 0 unspecified atom stereocenters. The summed E-state index contributed by atoms with van der Waals surface area (Å²) in [4.78, 5) is 18.8. The molecule has 0 radical (unpaired) electrons. The Morgan fingerprint density at radius 2 is 1.74 bits per heavy atom. The Morgan fingerprint density at radius 1 is 1.09 bits per heavy atom. The molecule has 2 fully saturated rings. The molecule has 1 amide bonds. The van der Waals surface area contributed by atoms with Crippen molar-refractivity contribution in [3.63, 3.8) is 0 Å². The average Bonchev–Trinajstić information content (AvgIpc) is 2.57. The van der Waals surface area contributed by atoms with Crippen LogP contribution in [0.4, 0.5) is 5.69 Å². The zero-order valence-corrected chi connectivity index (χ0v) is 13.6. The lowest BCUT2D eigenvalue weighted by molar-refractivity contribution is -0.156. The van der Waals surface area contributed by atoms with E-state index in [2.05, 4.69) is 9.80 Å². The van der Waals surface area contributed by atoms with Crippen LogP contribution in [0.5, 0.6) is 5.75 Å². The molecule has 0 saturated carbocycles. The van der Waals surface area contributed by atoms with Crippen LogP contribution in [0.15, 0.2) is 24.3 Å². The molecule has 2 saturated heterocycles. The van der Waals surface area contributed by atoms with Crippen molar-refractivity contribution in [2.45, 2.75) is 18.4 Å². The highest BCUT2D eigenvalue weighted by Crippen LogP contribution is 2.26. The van der Waals surface area contributed by atoms with Crippen LogP contribution in [0.2, 0.25) is 0 Å². The smallest absolute Gasteiger partial charge is 0.254 e. The minimum Gasteiger partial charge on any atom is -0.508 e. The molecule has 0 aliphatic carbocycles. The summed E-state index contributed by atoms with van der Waals surface area (Å²) in [6.45, 7) is 4.15. The second kappa shape index (κ2) is 6.37. The molecular weight excluding hydrogens is 294 g/mol. The molecule has 1 aromatic carbocycles. The lowest BCUT2D eigenvalue weighted by Gasteiger charge is -2.42. The third kappa shape index (κ3) is 3.43. The van der Waals surface area contributed by atoms with E-state index in [0.29, 0.717) is 39.0 Å². The predicted molar refractivity (Wildman–Crippen MR) is 88.6 cm³/mol. The monoisotopic (exact) mass is 319 g/mol. The number of phenolic OH excluding ortho intramolecular Hbond substituents is 1. The van der Waals surface area contributed by atoms with E-state index in [-0.39, 0.29) is 11.7 Å². The first kappa shape index (κ1) is 16.1. The van der Waals surface area contributed by atoms with Crippen molar-refractivity contribution in [3.05, 3.63) is 24.3 Å². The van der Waals surface area contributed by atoms with E-state index in [4.69, 9.17) is 0 Å². The fourth-order valence-electron chi connectivity index (χ4n) is 3.35. The van der Waals surface area contributed by atoms with Crippen LogP contribution in [0, 0.1) is 0 Å². The molecule has 126 valence electrons. The molecular formula is C17H25N3O3.